The van der Waals surface area contributed by atoms with Gasteiger partial charge in [0.25, 0.3) is 11.8 Å². The maximum Gasteiger partial charge on any atom is 0.287 e. The minimum atomic E-state index is -3.38. The van der Waals surface area contributed by atoms with Crippen molar-refractivity contribution >= 4 is 23.4 Å². The van der Waals surface area contributed by atoms with Crippen LogP contribution in [-0.2, 0) is 4.79 Å². The molecule has 0 fully saturated rings. The molecule has 0 spiro atoms. The summed E-state index contributed by atoms with van der Waals surface area (Å²) in [5, 5.41) is 12.8. The van der Waals surface area contributed by atoms with Crippen molar-refractivity contribution in [1.82, 2.24) is 10.6 Å². The first-order valence-electron chi connectivity index (χ1n) is 5.63. The molecule has 0 radical (unpaired) electrons. The monoisotopic (exact) mass is 306 g/mol. The van der Waals surface area contributed by atoms with Crippen LogP contribution in [0.4, 0.5) is 8.78 Å². The van der Waals surface area contributed by atoms with Gasteiger partial charge in [-0.05, 0) is 18.2 Å². The molecule has 1 aromatic carbocycles. The van der Waals surface area contributed by atoms with E-state index in [0.717, 1.165) is 0 Å². The first-order chi connectivity index (χ1) is 9.34. The van der Waals surface area contributed by atoms with Crippen molar-refractivity contribution in [1.29, 1.82) is 0 Å². The quantitative estimate of drug-likeness (QED) is 0.728. The molecule has 8 heteroatoms. The average molecular weight is 307 g/mol. The number of amides is 2. The van der Waals surface area contributed by atoms with E-state index in [0.29, 0.717) is 5.02 Å². The lowest BCUT2D eigenvalue weighted by atomic mass is 10.2. The topological polar surface area (TPSA) is 78.4 Å². The summed E-state index contributed by atoms with van der Waals surface area (Å²) in [7, 11) is 0. The third-order valence-electron chi connectivity index (χ3n) is 2.27. The van der Waals surface area contributed by atoms with Crippen LogP contribution in [0.25, 0.3) is 0 Å². The molecule has 20 heavy (non-hydrogen) atoms. The van der Waals surface area contributed by atoms with Crippen molar-refractivity contribution in [2.75, 3.05) is 19.7 Å². The largest absolute Gasteiger partial charge is 0.390 e. The molecular weight excluding hydrogens is 294 g/mol. The Labute approximate surface area is 118 Å². The lowest BCUT2D eigenvalue weighted by Crippen LogP contribution is -2.43. The Morgan fingerprint density at radius 3 is 2.60 bits per heavy atom. The molecule has 0 heterocycles. The molecule has 0 saturated carbocycles. The summed E-state index contributed by atoms with van der Waals surface area (Å²) in [4.78, 5) is 22.9. The van der Waals surface area contributed by atoms with Gasteiger partial charge in [-0.25, -0.2) is 8.78 Å². The number of halogens is 3. The maximum atomic E-state index is 12.7. The van der Waals surface area contributed by atoms with Crippen molar-refractivity contribution in [3.05, 3.63) is 34.9 Å². The molecule has 110 valence electrons. The van der Waals surface area contributed by atoms with E-state index >= 15 is 0 Å². The molecule has 0 bridgehead atoms. The molecule has 1 rings (SSSR count). The summed E-state index contributed by atoms with van der Waals surface area (Å²) in [6, 6.07) is 6.06. The Bertz CT molecular complexity index is 497. The Hall–Kier alpha value is -1.73. The van der Waals surface area contributed by atoms with Gasteiger partial charge in [0.05, 0.1) is 13.1 Å². The number of hydrogen-bond donors (Lipinski definition) is 3. The molecule has 1 aromatic rings. The second-order valence-corrected chi connectivity index (χ2v) is 4.42. The zero-order valence-corrected chi connectivity index (χ0v) is 11.1. The molecule has 0 atom stereocenters. The van der Waals surface area contributed by atoms with Gasteiger partial charge in [-0.15, -0.1) is 0 Å². The van der Waals surface area contributed by atoms with Crippen LogP contribution in [0.2, 0.25) is 5.02 Å². The van der Waals surface area contributed by atoms with Crippen LogP contribution < -0.4 is 10.6 Å². The fourth-order valence-electron chi connectivity index (χ4n) is 1.24. The van der Waals surface area contributed by atoms with Crippen LogP contribution in [0, 0.1) is 0 Å². The van der Waals surface area contributed by atoms with Crippen molar-refractivity contribution in [3.8, 4) is 0 Å². The lowest BCUT2D eigenvalue weighted by Gasteiger charge is -2.14. The van der Waals surface area contributed by atoms with E-state index in [-0.39, 0.29) is 5.56 Å². The van der Waals surface area contributed by atoms with E-state index in [1.807, 2.05) is 5.32 Å². The summed E-state index contributed by atoms with van der Waals surface area (Å²) in [5.74, 6) is -4.71. The van der Waals surface area contributed by atoms with Crippen LogP contribution in [-0.4, -0.2) is 42.5 Å². The molecule has 0 aliphatic heterocycles. The summed E-state index contributed by atoms with van der Waals surface area (Å²) in [6.07, 6.45) is 0. The van der Waals surface area contributed by atoms with Gasteiger partial charge in [0.15, 0.2) is 0 Å². The predicted molar refractivity (Wildman–Crippen MR) is 68.8 cm³/mol. The van der Waals surface area contributed by atoms with E-state index in [1.54, 1.807) is 12.1 Å². The number of rotatable bonds is 6. The second-order valence-electron chi connectivity index (χ2n) is 3.98. The highest BCUT2D eigenvalue weighted by Gasteiger charge is 2.28. The van der Waals surface area contributed by atoms with Gasteiger partial charge >= 0.3 is 0 Å². The number of hydrogen-bond acceptors (Lipinski definition) is 3. The summed E-state index contributed by atoms with van der Waals surface area (Å²) in [6.45, 7) is -2.80. The highest BCUT2D eigenvalue weighted by molar-refractivity contribution is 6.30. The summed E-state index contributed by atoms with van der Waals surface area (Å²) in [5.41, 5.74) is 0.256. The van der Waals surface area contributed by atoms with Gasteiger partial charge in [0.1, 0.15) is 6.61 Å². The van der Waals surface area contributed by atoms with Crippen LogP contribution in [0.3, 0.4) is 0 Å². The number of benzene rings is 1. The van der Waals surface area contributed by atoms with Crippen molar-refractivity contribution in [3.63, 3.8) is 0 Å². The normalized spacial score (nSPS) is 11.0. The van der Waals surface area contributed by atoms with Crippen molar-refractivity contribution in [2.24, 2.45) is 0 Å². The fraction of sp³-hybridized carbons (Fsp3) is 0.333. The third-order valence-corrected chi connectivity index (χ3v) is 2.51. The van der Waals surface area contributed by atoms with E-state index in [9.17, 15) is 18.4 Å². The number of aliphatic hydroxyl groups excluding tert-OH is 1. The maximum absolute atomic E-state index is 12.7. The minimum Gasteiger partial charge on any atom is -0.390 e. The van der Waals surface area contributed by atoms with Crippen LogP contribution >= 0.6 is 11.6 Å². The van der Waals surface area contributed by atoms with E-state index in [2.05, 4.69) is 5.32 Å². The molecule has 0 saturated heterocycles. The van der Waals surface area contributed by atoms with Crippen LogP contribution in [0.1, 0.15) is 10.4 Å². The molecule has 0 aliphatic rings. The fourth-order valence-corrected chi connectivity index (χ4v) is 1.43. The average Bonchev–Trinajstić information content (AvgIpc) is 2.42. The Balaban J connectivity index is 2.40. The Morgan fingerprint density at radius 1 is 1.30 bits per heavy atom. The number of carbonyl (C=O) groups is 2. The van der Waals surface area contributed by atoms with Crippen LogP contribution in [0.5, 0.6) is 0 Å². The van der Waals surface area contributed by atoms with E-state index in [4.69, 9.17) is 16.7 Å². The zero-order valence-electron chi connectivity index (χ0n) is 10.3. The molecular formula is C12H13ClF2N2O3. The number of alkyl halides is 2. The van der Waals surface area contributed by atoms with Crippen molar-refractivity contribution < 1.29 is 23.5 Å². The molecule has 2 amide bonds. The highest BCUT2D eigenvalue weighted by atomic mass is 35.5. The lowest BCUT2D eigenvalue weighted by molar-refractivity contribution is -0.123. The zero-order chi connectivity index (χ0) is 15.2. The van der Waals surface area contributed by atoms with Gasteiger partial charge in [0.2, 0.25) is 5.91 Å². The second kappa shape index (κ2) is 7.16. The van der Waals surface area contributed by atoms with E-state index < -0.39 is 37.4 Å². The number of nitrogens with one attached hydrogen (secondary N) is 2. The number of aliphatic hydroxyl groups is 1. The van der Waals surface area contributed by atoms with Gasteiger partial charge in [-0.3, -0.25) is 9.59 Å². The first kappa shape index (κ1) is 16.3. The van der Waals surface area contributed by atoms with Crippen LogP contribution in [0.15, 0.2) is 24.3 Å². The minimum absolute atomic E-state index is 0.256. The number of carbonyl (C=O) groups excluding carboxylic acids is 2. The molecule has 0 aliphatic carbocycles. The van der Waals surface area contributed by atoms with Crippen molar-refractivity contribution in [2.45, 2.75) is 5.92 Å². The van der Waals surface area contributed by atoms with Gasteiger partial charge in [0, 0.05) is 10.6 Å². The molecule has 0 aromatic heterocycles. The standard InChI is InChI=1S/C12H13ClF2N2O3/c13-9-3-1-2-8(4-9)11(20)16-5-10(19)17-6-12(14,15)7-18/h1-4,18H,5-7H2,(H,16,20)(H,17,19). The summed E-state index contributed by atoms with van der Waals surface area (Å²) >= 11 is 5.70. The third kappa shape index (κ3) is 5.50. The first-order valence-corrected chi connectivity index (χ1v) is 6.01. The molecule has 3 N–H and O–H groups in total. The highest BCUT2D eigenvalue weighted by Crippen LogP contribution is 2.10. The molecule has 5 nitrogen and oxygen atoms in total. The summed E-state index contributed by atoms with van der Waals surface area (Å²) < 4.78 is 25.3. The van der Waals surface area contributed by atoms with Gasteiger partial charge < -0.3 is 15.7 Å². The Morgan fingerprint density at radius 2 is 2.00 bits per heavy atom. The SMILES string of the molecule is O=C(CNC(=O)c1cccc(Cl)c1)NCC(F)(F)CO. The van der Waals surface area contributed by atoms with Gasteiger partial charge in [-0.2, -0.15) is 0 Å². The Kier molecular flexibility index (Phi) is 5.84. The molecule has 0 unspecified atom stereocenters. The van der Waals surface area contributed by atoms with Gasteiger partial charge in [-0.1, -0.05) is 17.7 Å². The predicted octanol–water partition coefficient (Wildman–Crippen LogP) is 0.814. The smallest absolute Gasteiger partial charge is 0.287 e. The van der Waals surface area contributed by atoms with E-state index in [1.165, 1.54) is 12.1 Å².